The van der Waals surface area contributed by atoms with Crippen LogP contribution < -0.4 is 5.32 Å². The summed E-state index contributed by atoms with van der Waals surface area (Å²) in [6.07, 6.45) is 6.69. The molecule has 0 bridgehead atoms. The van der Waals surface area contributed by atoms with E-state index in [9.17, 15) is 9.18 Å². The highest BCUT2D eigenvalue weighted by Crippen LogP contribution is 2.35. The molecule has 8 nitrogen and oxygen atoms in total. The summed E-state index contributed by atoms with van der Waals surface area (Å²) < 4.78 is 14.6. The molecule has 0 saturated heterocycles. The van der Waals surface area contributed by atoms with Gasteiger partial charge in [0.05, 0.1) is 35.0 Å². The molecule has 0 saturated carbocycles. The first-order valence-electron chi connectivity index (χ1n) is 12.1. The van der Waals surface area contributed by atoms with Crippen molar-refractivity contribution in [3.05, 3.63) is 79.1 Å². The molecule has 0 radical (unpaired) electrons. The second-order valence-electron chi connectivity index (χ2n) is 10.1. The van der Waals surface area contributed by atoms with Gasteiger partial charge in [0.25, 0.3) is 0 Å². The molecule has 0 aliphatic carbocycles. The minimum Gasteiger partial charge on any atom is -0.338 e. The van der Waals surface area contributed by atoms with Crippen LogP contribution in [0.5, 0.6) is 0 Å². The lowest BCUT2D eigenvalue weighted by atomic mass is 9.95. The van der Waals surface area contributed by atoms with E-state index in [0.717, 1.165) is 33.1 Å². The van der Waals surface area contributed by atoms with Crippen molar-refractivity contribution in [2.24, 2.45) is 5.41 Å². The molecule has 9 heteroatoms. The van der Waals surface area contributed by atoms with Crippen LogP contribution in [-0.4, -0.2) is 36.0 Å². The Morgan fingerprint density at radius 2 is 1.79 bits per heavy atom. The van der Waals surface area contributed by atoms with Crippen molar-refractivity contribution in [2.45, 2.75) is 20.8 Å². The number of fused-ring (bicyclic) bond motifs is 2. The Bertz CT molecular complexity index is 1830. The average molecular weight is 506 g/mol. The van der Waals surface area contributed by atoms with E-state index in [0.29, 0.717) is 28.3 Å². The van der Waals surface area contributed by atoms with Crippen molar-refractivity contribution in [2.75, 3.05) is 5.32 Å². The minimum atomic E-state index is -0.528. The number of carbonyl (C=O) groups is 1. The summed E-state index contributed by atoms with van der Waals surface area (Å²) in [4.78, 5) is 29.1. The zero-order valence-corrected chi connectivity index (χ0v) is 21.0. The van der Waals surface area contributed by atoms with Gasteiger partial charge in [-0.1, -0.05) is 39.0 Å². The third-order valence-electron chi connectivity index (χ3n) is 6.37. The standard InChI is InChI=1S/C29H24FN7O/c1-29(2,3)28(38)34-17-10-16(13-31-14-17)23-12-21-25(15-33-23)36-37-26(21)24-11-20-18(8-9-32-27(20)35-24)19-6-4-5-7-22(19)30/h4-15H,1-3H3,(H,32,35)(H,34,38)(H,36,37). The summed E-state index contributed by atoms with van der Waals surface area (Å²) in [5, 5.41) is 12.1. The first-order chi connectivity index (χ1) is 18.3. The molecule has 6 aromatic rings. The number of hydrogen-bond acceptors (Lipinski definition) is 5. The first-order valence-corrected chi connectivity index (χ1v) is 12.1. The van der Waals surface area contributed by atoms with Crippen molar-refractivity contribution in [1.82, 2.24) is 30.1 Å². The maximum Gasteiger partial charge on any atom is 0.229 e. The lowest BCUT2D eigenvalue weighted by Gasteiger charge is -2.17. The maximum absolute atomic E-state index is 14.6. The number of halogens is 1. The molecule has 0 unspecified atom stereocenters. The van der Waals surface area contributed by atoms with Crippen LogP contribution in [0.4, 0.5) is 10.1 Å². The molecule has 0 aliphatic rings. The second kappa shape index (κ2) is 8.88. The van der Waals surface area contributed by atoms with Gasteiger partial charge in [0.2, 0.25) is 5.91 Å². The number of rotatable bonds is 4. The second-order valence-corrected chi connectivity index (χ2v) is 10.1. The molecule has 5 aromatic heterocycles. The van der Waals surface area contributed by atoms with Gasteiger partial charge < -0.3 is 10.3 Å². The number of pyridine rings is 3. The van der Waals surface area contributed by atoms with Gasteiger partial charge in [-0.2, -0.15) is 5.10 Å². The fraction of sp³-hybridized carbons (Fsp3) is 0.138. The Balaban J connectivity index is 1.41. The van der Waals surface area contributed by atoms with Crippen LogP contribution in [0.2, 0.25) is 0 Å². The van der Waals surface area contributed by atoms with Crippen LogP contribution in [0.3, 0.4) is 0 Å². The van der Waals surface area contributed by atoms with Crippen LogP contribution in [0.15, 0.2) is 73.3 Å². The van der Waals surface area contributed by atoms with Crippen LogP contribution >= 0.6 is 0 Å². The fourth-order valence-electron chi connectivity index (χ4n) is 4.32. The fourth-order valence-corrected chi connectivity index (χ4v) is 4.32. The quantitative estimate of drug-likeness (QED) is 0.258. The molecule has 5 heterocycles. The van der Waals surface area contributed by atoms with Crippen LogP contribution in [0, 0.1) is 11.2 Å². The number of amides is 1. The number of anilines is 1. The van der Waals surface area contributed by atoms with E-state index in [-0.39, 0.29) is 11.7 Å². The molecule has 1 aromatic carbocycles. The normalized spacial score (nSPS) is 11.8. The molecule has 3 N–H and O–H groups in total. The summed E-state index contributed by atoms with van der Waals surface area (Å²) in [6.45, 7) is 5.57. The SMILES string of the molecule is CC(C)(C)C(=O)Nc1cncc(-c2cc3c(-c4cc5c(-c6ccccc6F)ccnc5[nH]4)n[nH]c3cn2)c1. The molecule has 0 aliphatic heterocycles. The van der Waals surface area contributed by atoms with E-state index in [2.05, 4.69) is 35.5 Å². The number of nitrogens with one attached hydrogen (secondary N) is 3. The molecule has 0 fully saturated rings. The lowest BCUT2D eigenvalue weighted by molar-refractivity contribution is -0.123. The first kappa shape index (κ1) is 23.5. The van der Waals surface area contributed by atoms with E-state index in [1.807, 2.05) is 51.1 Å². The third kappa shape index (κ3) is 4.17. The van der Waals surface area contributed by atoms with Gasteiger partial charge in [0.1, 0.15) is 17.2 Å². The van der Waals surface area contributed by atoms with Crippen LogP contribution in [-0.2, 0) is 4.79 Å². The number of carbonyl (C=O) groups excluding carboxylic acids is 1. The lowest BCUT2D eigenvalue weighted by Crippen LogP contribution is -2.27. The van der Waals surface area contributed by atoms with Crippen molar-refractivity contribution in [3.63, 3.8) is 0 Å². The molecule has 0 atom stereocenters. The highest BCUT2D eigenvalue weighted by atomic mass is 19.1. The highest BCUT2D eigenvalue weighted by molar-refractivity contribution is 6.00. The number of aromatic nitrogens is 6. The van der Waals surface area contributed by atoms with E-state index >= 15 is 0 Å². The van der Waals surface area contributed by atoms with E-state index in [1.165, 1.54) is 6.07 Å². The van der Waals surface area contributed by atoms with Crippen LogP contribution in [0.1, 0.15) is 20.8 Å². The smallest absolute Gasteiger partial charge is 0.229 e. The average Bonchev–Trinajstić information content (AvgIpc) is 3.52. The summed E-state index contributed by atoms with van der Waals surface area (Å²) in [5.41, 5.74) is 5.58. The highest BCUT2D eigenvalue weighted by Gasteiger charge is 2.21. The number of aromatic amines is 2. The summed E-state index contributed by atoms with van der Waals surface area (Å²) in [5.74, 6) is -0.391. The molecule has 188 valence electrons. The van der Waals surface area contributed by atoms with Crippen LogP contribution in [0.25, 0.3) is 55.7 Å². The number of hydrogen-bond donors (Lipinski definition) is 3. The number of H-pyrrole nitrogens is 2. The summed E-state index contributed by atoms with van der Waals surface area (Å²) in [6, 6.07) is 14.2. The van der Waals surface area contributed by atoms with E-state index in [1.54, 1.807) is 36.9 Å². The van der Waals surface area contributed by atoms with Gasteiger partial charge >= 0.3 is 0 Å². The van der Waals surface area contributed by atoms with Crippen molar-refractivity contribution in [1.29, 1.82) is 0 Å². The molecule has 1 amide bonds. The predicted octanol–water partition coefficient (Wildman–Crippen LogP) is 6.35. The zero-order valence-electron chi connectivity index (χ0n) is 21.0. The van der Waals surface area contributed by atoms with Gasteiger partial charge in [-0.15, -0.1) is 0 Å². The molecule has 6 rings (SSSR count). The topological polar surface area (TPSA) is 112 Å². The monoisotopic (exact) mass is 505 g/mol. The van der Waals surface area contributed by atoms with Crippen molar-refractivity contribution in [3.8, 4) is 33.8 Å². The van der Waals surface area contributed by atoms with Gasteiger partial charge in [-0.25, -0.2) is 9.37 Å². The van der Waals surface area contributed by atoms with Gasteiger partial charge in [-0.3, -0.25) is 19.9 Å². The molecule has 38 heavy (non-hydrogen) atoms. The Morgan fingerprint density at radius 1 is 0.947 bits per heavy atom. The van der Waals surface area contributed by atoms with Gasteiger partial charge in [0.15, 0.2) is 0 Å². The summed E-state index contributed by atoms with van der Waals surface area (Å²) >= 11 is 0. The Labute approximate surface area is 217 Å². The molecule has 0 spiro atoms. The molecular formula is C29H24FN7O. The largest absolute Gasteiger partial charge is 0.338 e. The molecular weight excluding hydrogens is 481 g/mol. The van der Waals surface area contributed by atoms with Crippen molar-refractivity contribution >= 4 is 33.5 Å². The maximum atomic E-state index is 14.6. The number of nitrogens with zero attached hydrogens (tertiary/aromatic N) is 4. The Hall–Kier alpha value is -4.92. The van der Waals surface area contributed by atoms with E-state index < -0.39 is 5.41 Å². The predicted molar refractivity (Wildman–Crippen MR) is 146 cm³/mol. The Kier molecular flexibility index (Phi) is 5.48. The Morgan fingerprint density at radius 3 is 2.61 bits per heavy atom. The summed E-state index contributed by atoms with van der Waals surface area (Å²) in [7, 11) is 0. The minimum absolute atomic E-state index is 0.0980. The zero-order chi connectivity index (χ0) is 26.4. The van der Waals surface area contributed by atoms with Gasteiger partial charge in [-0.05, 0) is 35.9 Å². The third-order valence-corrected chi connectivity index (χ3v) is 6.37. The number of benzene rings is 1. The van der Waals surface area contributed by atoms with E-state index in [4.69, 9.17) is 0 Å². The van der Waals surface area contributed by atoms with Crippen molar-refractivity contribution < 1.29 is 9.18 Å². The van der Waals surface area contributed by atoms with Gasteiger partial charge in [0, 0.05) is 39.7 Å².